The Labute approximate surface area is 119 Å². The van der Waals surface area contributed by atoms with Crippen molar-refractivity contribution in [2.75, 3.05) is 0 Å². The van der Waals surface area contributed by atoms with Crippen LogP contribution < -0.4 is 0 Å². The highest BCUT2D eigenvalue weighted by Gasteiger charge is 2.54. The third-order valence-corrected chi connectivity index (χ3v) is 3.87. The fraction of sp³-hybridized carbons (Fsp3) is 0.412. The molecule has 1 aliphatic heterocycles. The molecule has 0 spiro atoms. The standard InChI is InChI=1S/C17H20O3/c1-16(2)13(11-10-12-8-6-5-7-9-12)20-15(19)17(3,4)14(16)18/h5-11,13H,1-4H3/t13-/m1/s1. The largest absolute Gasteiger partial charge is 0.456 e. The van der Waals surface area contributed by atoms with Gasteiger partial charge in [0.25, 0.3) is 0 Å². The summed E-state index contributed by atoms with van der Waals surface area (Å²) in [5.41, 5.74) is -0.778. The van der Waals surface area contributed by atoms with E-state index >= 15 is 0 Å². The summed E-state index contributed by atoms with van der Waals surface area (Å²) in [6.07, 6.45) is 3.14. The molecule has 1 heterocycles. The number of esters is 1. The Bertz CT molecular complexity index is 553. The lowest BCUT2D eigenvalue weighted by atomic mass is 9.68. The smallest absolute Gasteiger partial charge is 0.319 e. The Balaban J connectivity index is 2.27. The Morgan fingerprint density at radius 3 is 2.25 bits per heavy atom. The second-order valence-corrected chi connectivity index (χ2v) is 6.27. The van der Waals surface area contributed by atoms with Crippen LogP contribution >= 0.6 is 0 Å². The quantitative estimate of drug-likeness (QED) is 0.613. The van der Waals surface area contributed by atoms with Gasteiger partial charge >= 0.3 is 5.97 Å². The van der Waals surface area contributed by atoms with Gasteiger partial charge in [0, 0.05) is 0 Å². The highest BCUT2D eigenvalue weighted by Crippen LogP contribution is 2.40. The molecule has 0 radical (unpaired) electrons. The van der Waals surface area contributed by atoms with Crippen molar-refractivity contribution >= 4 is 17.8 Å². The maximum Gasteiger partial charge on any atom is 0.319 e. The summed E-state index contributed by atoms with van der Waals surface area (Å²) < 4.78 is 5.46. The molecule has 3 nitrogen and oxygen atoms in total. The number of Topliss-reactive ketones (excluding diaryl/α,β-unsaturated/α-hetero) is 1. The van der Waals surface area contributed by atoms with Crippen LogP contribution in [0.25, 0.3) is 6.08 Å². The molecule has 1 fully saturated rings. The summed E-state index contributed by atoms with van der Waals surface area (Å²) in [5, 5.41) is 0. The minimum absolute atomic E-state index is 0.0797. The average molecular weight is 272 g/mol. The predicted octanol–water partition coefficient (Wildman–Crippen LogP) is 3.25. The van der Waals surface area contributed by atoms with Crippen LogP contribution in [0.15, 0.2) is 36.4 Å². The van der Waals surface area contributed by atoms with Gasteiger partial charge in [-0.3, -0.25) is 9.59 Å². The van der Waals surface area contributed by atoms with Gasteiger partial charge in [0.2, 0.25) is 0 Å². The molecular formula is C17H20O3. The topological polar surface area (TPSA) is 43.4 Å². The number of cyclic esters (lactones) is 1. The van der Waals surface area contributed by atoms with Crippen LogP contribution in [0.2, 0.25) is 0 Å². The van der Waals surface area contributed by atoms with Gasteiger partial charge in [-0.15, -0.1) is 0 Å². The van der Waals surface area contributed by atoms with E-state index in [-0.39, 0.29) is 5.78 Å². The Hall–Kier alpha value is -1.90. The zero-order chi connectivity index (χ0) is 15.0. The van der Waals surface area contributed by atoms with Crippen LogP contribution in [0.3, 0.4) is 0 Å². The van der Waals surface area contributed by atoms with Gasteiger partial charge in [0.15, 0.2) is 5.78 Å². The molecule has 0 bridgehead atoms. The van der Waals surface area contributed by atoms with Crippen molar-refractivity contribution in [3.8, 4) is 0 Å². The summed E-state index contributed by atoms with van der Waals surface area (Å²) in [5.74, 6) is -0.534. The first-order valence-corrected chi connectivity index (χ1v) is 6.75. The summed E-state index contributed by atoms with van der Waals surface area (Å²) in [4.78, 5) is 24.4. The van der Waals surface area contributed by atoms with E-state index in [2.05, 4.69) is 0 Å². The van der Waals surface area contributed by atoms with Crippen molar-refractivity contribution in [2.45, 2.75) is 33.8 Å². The summed E-state index contributed by atoms with van der Waals surface area (Å²) in [6, 6.07) is 9.73. The zero-order valence-electron chi connectivity index (χ0n) is 12.3. The van der Waals surface area contributed by atoms with Crippen molar-refractivity contribution in [1.82, 2.24) is 0 Å². The number of ketones is 1. The summed E-state index contributed by atoms with van der Waals surface area (Å²) in [7, 11) is 0. The van der Waals surface area contributed by atoms with E-state index in [0.717, 1.165) is 5.56 Å². The van der Waals surface area contributed by atoms with Crippen LogP contribution in [0.5, 0.6) is 0 Å². The molecule has 1 aliphatic rings. The summed E-state index contributed by atoms with van der Waals surface area (Å²) in [6.45, 7) is 6.89. The SMILES string of the molecule is CC1(C)C(=O)O[C@H](C=Cc2ccccc2)C(C)(C)C1=O. The molecule has 0 N–H and O–H groups in total. The molecule has 1 atom stereocenters. The number of hydrogen-bond donors (Lipinski definition) is 0. The highest BCUT2D eigenvalue weighted by molar-refractivity contribution is 6.07. The molecule has 20 heavy (non-hydrogen) atoms. The first-order valence-electron chi connectivity index (χ1n) is 6.75. The Morgan fingerprint density at radius 1 is 1.05 bits per heavy atom. The number of carbonyl (C=O) groups excluding carboxylic acids is 2. The van der Waals surface area contributed by atoms with Crippen molar-refractivity contribution < 1.29 is 14.3 Å². The molecule has 0 amide bonds. The monoisotopic (exact) mass is 272 g/mol. The fourth-order valence-corrected chi connectivity index (χ4v) is 2.48. The van der Waals surface area contributed by atoms with E-state index in [9.17, 15) is 9.59 Å². The third kappa shape index (κ3) is 2.40. The number of hydrogen-bond acceptors (Lipinski definition) is 3. The molecule has 1 aromatic rings. The van der Waals surface area contributed by atoms with Crippen molar-refractivity contribution in [2.24, 2.45) is 10.8 Å². The highest BCUT2D eigenvalue weighted by atomic mass is 16.5. The molecule has 0 unspecified atom stereocenters. The molecular weight excluding hydrogens is 252 g/mol. The fourth-order valence-electron chi connectivity index (χ4n) is 2.48. The normalized spacial score (nSPS) is 24.7. The lowest BCUT2D eigenvalue weighted by Gasteiger charge is -2.41. The number of benzene rings is 1. The van der Waals surface area contributed by atoms with Gasteiger partial charge in [-0.05, 0) is 39.3 Å². The Morgan fingerprint density at radius 2 is 1.65 bits per heavy atom. The summed E-state index contributed by atoms with van der Waals surface area (Å²) >= 11 is 0. The van der Waals surface area contributed by atoms with Crippen molar-refractivity contribution in [3.05, 3.63) is 42.0 Å². The van der Waals surface area contributed by atoms with E-state index in [0.29, 0.717) is 0 Å². The maximum atomic E-state index is 12.5. The first-order chi connectivity index (χ1) is 9.26. The van der Waals surface area contributed by atoms with Gasteiger partial charge in [0.1, 0.15) is 11.5 Å². The molecule has 0 aliphatic carbocycles. The average Bonchev–Trinajstić information content (AvgIpc) is 2.41. The number of ether oxygens (including phenoxy) is 1. The van der Waals surface area contributed by atoms with Crippen LogP contribution in [-0.4, -0.2) is 17.9 Å². The lowest BCUT2D eigenvalue weighted by molar-refractivity contribution is -0.181. The van der Waals surface area contributed by atoms with Crippen LogP contribution in [0.4, 0.5) is 0 Å². The van der Waals surface area contributed by atoms with E-state index in [1.54, 1.807) is 19.9 Å². The van der Waals surface area contributed by atoms with Gasteiger partial charge < -0.3 is 4.74 Å². The maximum absolute atomic E-state index is 12.5. The molecule has 106 valence electrons. The van der Waals surface area contributed by atoms with Gasteiger partial charge in [-0.25, -0.2) is 0 Å². The third-order valence-electron chi connectivity index (χ3n) is 3.87. The van der Waals surface area contributed by atoms with E-state index in [1.807, 2.05) is 50.3 Å². The van der Waals surface area contributed by atoms with E-state index in [1.165, 1.54) is 0 Å². The molecule has 1 aromatic carbocycles. The van der Waals surface area contributed by atoms with Crippen molar-refractivity contribution in [3.63, 3.8) is 0 Å². The second kappa shape index (κ2) is 4.89. The minimum atomic E-state index is -1.07. The van der Waals surface area contributed by atoms with Gasteiger partial charge in [0.05, 0.1) is 5.41 Å². The van der Waals surface area contributed by atoms with Gasteiger partial charge in [-0.1, -0.05) is 36.4 Å². The molecule has 0 aromatic heterocycles. The minimum Gasteiger partial charge on any atom is -0.456 e. The Kier molecular flexibility index (Phi) is 3.55. The predicted molar refractivity (Wildman–Crippen MR) is 77.9 cm³/mol. The van der Waals surface area contributed by atoms with E-state index < -0.39 is 22.9 Å². The van der Waals surface area contributed by atoms with Crippen LogP contribution in [0.1, 0.15) is 33.3 Å². The molecule has 1 saturated heterocycles. The molecule has 3 heteroatoms. The van der Waals surface area contributed by atoms with Crippen molar-refractivity contribution in [1.29, 1.82) is 0 Å². The van der Waals surface area contributed by atoms with E-state index in [4.69, 9.17) is 4.74 Å². The lowest BCUT2D eigenvalue weighted by Crippen LogP contribution is -2.55. The molecule has 2 rings (SSSR count). The zero-order valence-corrected chi connectivity index (χ0v) is 12.3. The number of carbonyl (C=O) groups is 2. The number of rotatable bonds is 2. The van der Waals surface area contributed by atoms with Gasteiger partial charge in [-0.2, -0.15) is 0 Å². The van der Waals surface area contributed by atoms with Crippen LogP contribution in [0, 0.1) is 10.8 Å². The molecule has 0 saturated carbocycles. The first kappa shape index (κ1) is 14.5. The second-order valence-electron chi connectivity index (χ2n) is 6.27. The van der Waals surface area contributed by atoms with Crippen LogP contribution in [-0.2, 0) is 14.3 Å².